The van der Waals surface area contributed by atoms with E-state index in [-0.39, 0.29) is 5.82 Å². The summed E-state index contributed by atoms with van der Waals surface area (Å²) in [5, 5.41) is 3.42. The summed E-state index contributed by atoms with van der Waals surface area (Å²) in [4.78, 5) is 0. The first-order valence-electron chi connectivity index (χ1n) is 5.17. The van der Waals surface area contributed by atoms with Crippen molar-refractivity contribution in [1.82, 2.24) is 5.32 Å². The van der Waals surface area contributed by atoms with E-state index in [0.29, 0.717) is 6.04 Å². The van der Waals surface area contributed by atoms with Crippen molar-refractivity contribution in [1.29, 1.82) is 0 Å². The Morgan fingerprint density at radius 3 is 2.73 bits per heavy atom. The molecule has 1 atom stereocenters. The van der Waals surface area contributed by atoms with Crippen molar-refractivity contribution in [3.63, 3.8) is 0 Å². The van der Waals surface area contributed by atoms with Crippen molar-refractivity contribution in [3.8, 4) is 0 Å². The maximum absolute atomic E-state index is 13.0. The van der Waals surface area contributed by atoms with Crippen LogP contribution in [0.4, 0.5) is 4.39 Å². The molecule has 0 heterocycles. The maximum atomic E-state index is 13.0. The van der Waals surface area contributed by atoms with Gasteiger partial charge in [0.1, 0.15) is 5.82 Å². The Kier molecular flexibility index (Phi) is 5.12. The molecule has 0 saturated carbocycles. The van der Waals surface area contributed by atoms with Gasteiger partial charge in [0.25, 0.3) is 0 Å². The summed E-state index contributed by atoms with van der Waals surface area (Å²) < 4.78 is 13.0. The second kappa shape index (κ2) is 6.13. The Morgan fingerprint density at radius 2 is 2.20 bits per heavy atom. The van der Waals surface area contributed by atoms with Crippen LogP contribution in [0, 0.1) is 12.7 Å². The number of hydrogen-bond donors (Lipinski definition) is 1. The smallest absolute Gasteiger partial charge is 0.123 e. The second-order valence-corrected chi connectivity index (χ2v) is 4.48. The zero-order chi connectivity index (χ0) is 11.3. The molecule has 0 radical (unpaired) electrons. The molecule has 1 rings (SSSR count). The van der Waals surface area contributed by atoms with Crippen molar-refractivity contribution < 1.29 is 4.39 Å². The number of hydrogen-bond acceptors (Lipinski definition) is 2. The Labute approximate surface area is 95.5 Å². The highest BCUT2D eigenvalue weighted by Crippen LogP contribution is 2.21. The summed E-state index contributed by atoms with van der Waals surface area (Å²) >= 11 is 1.80. The van der Waals surface area contributed by atoms with Crippen molar-refractivity contribution in [2.24, 2.45) is 0 Å². The summed E-state index contributed by atoms with van der Waals surface area (Å²) in [6, 6.07) is 5.34. The Bertz CT molecular complexity index is 308. The van der Waals surface area contributed by atoms with E-state index in [1.54, 1.807) is 17.8 Å². The van der Waals surface area contributed by atoms with E-state index in [0.717, 1.165) is 17.9 Å². The summed E-state index contributed by atoms with van der Waals surface area (Å²) in [5.74, 6) is 0.857. The lowest BCUT2D eigenvalue weighted by atomic mass is 10.0. The van der Waals surface area contributed by atoms with Crippen LogP contribution in [0.3, 0.4) is 0 Å². The first-order valence-corrected chi connectivity index (χ1v) is 6.56. The van der Waals surface area contributed by atoms with Crippen LogP contribution in [0.1, 0.15) is 24.1 Å². The van der Waals surface area contributed by atoms with Crippen LogP contribution in [0.15, 0.2) is 18.2 Å². The summed E-state index contributed by atoms with van der Waals surface area (Å²) in [6.45, 7) is 4.98. The van der Waals surface area contributed by atoms with E-state index < -0.39 is 0 Å². The van der Waals surface area contributed by atoms with E-state index in [1.165, 1.54) is 11.6 Å². The molecule has 0 spiro atoms. The van der Waals surface area contributed by atoms with Gasteiger partial charge in [0, 0.05) is 11.8 Å². The van der Waals surface area contributed by atoms with Crippen LogP contribution in [0.25, 0.3) is 0 Å². The molecule has 1 unspecified atom stereocenters. The zero-order valence-electron chi connectivity index (χ0n) is 9.51. The number of benzene rings is 1. The maximum Gasteiger partial charge on any atom is 0.123 e. The Morgan fingerprint density at radius 1 is 1.47 bits per heavy atom. The normalized spacial score (nSPS) is 12.8. The van der Waals surface area contributed by atoms with E-state index in [9.17, 15) is 4.39 Å². The van der Waals surface area contributed by atoms with E-state index in [1.807, 2.05) is 13.0 Å². The lowest BCUT2D eigenvalue weighted by molar-refractivity contribution is 0.594. The standard InChI is InChI=1S/C12H18FNS/c1-4-14-12(8-15-3)11-6-5-10(13)7-9(11)2/h5-7,12,14H,4,8H2,1-3H3. The highest BCUT2D eigenvalue weighted by Gasteiger charge is 2.12. The Hall–Kier alpha value is -0.540. The molecule has 15 heavy (non-hydrogen) atoms. The largest absolute Gasteiger partial charge is 0.310 e. The van der Waals surface area contributed by atoms with Gasteiger partial charge >= 0.3 is 0 Å². The van der Waals surface area contributed by atoms with Gasteiger partial charge in [-0.25, -0.2) is 4.39 Å². The minimum Gasteiger partial charge on any atom is -0.310 e. The fraction of sp³-hybridized carbons (Fsp3) is 0.500. The number of halogens is 1. The fourth-order valence-corrected chi connectivity index (χ4v) is 2.33. The van der Waals surface area contributed by atoms with E-state index in [2.05, 4.69) is 18.5 Å². The average Bonchev–Trinajstić information content (AvgIpc) is 2.17. The lowest BCUT2D eigenvalue weighted by Gasteiger charge is -2.19. The second-order valence-electron chi connectivity index (χ2n) is 3.57. The van der Waals surface area contributed by atoms with Gasteiger partial charge < -0.3 is 5.32 Å². The molecule has 1 aromatic carbocycles. The molecular weight excluding hydrogens is 209 g/mol. The molecule has 0 aliphatic carbocycles. The zero-order valence-corrected chi connectivity index (χ0v) is 10.3. The van der Waals surface area contributed by atoms with Gasteiger partial charge in [-0.2, -0.15) is 11.8 Å². The third kappa shape index (κ3) is 3.50. The molecular formula is C12H18FNS. The van der Waals surface area contributed by atoms with Crippen LogP contribution in [0.2, 0.25) is 0 Å². The molecule has 0 bridgehead atoms. The highest BCUT2D eigenvalue weighted by atomic mass is 32.2. The van der Waals surface area contributed by atoms with Gasteiger partial charge in [-0.3, -0.25) is 0 Å². The van der Waals surface area contributed by atoms with Gasteiger partial charge in [0.15, 0.2) is 0 Å². The quantitative estimate of drug-likeness (QED) is 0.829. The van der Waals surface area contributed by atoms with Crippen LogP contribution in [-0.4, -0.2) is 18.6 Å². The number of nitrogens with one attached hydrogen (secondary N) is 1. The molecule has 0 aliphatic rings. The third-order valence-corrected chi connectivity index (χ3v) is 3.06. The predicted octanol–water partition coefficient (Wildman–Crippen LogP) is 3.15. The molecule has 1 nitrogen and oxygen atoms in total. The first kappa shape index (κ1) is 12.5. The Balaban J connectivity index is 2.89. The van der Waals surface area contributed by atoms with Crippen LogP contribution < -0.4 is 5.32 Å². The van der Waals surface area contributed by atoms with E-state index in [4.69, 9.17) is 0 Å². The average molecular weight is 227 g/mol. The van der Waals surface area contributed by atoms with Crippen molar-refractivity contribution in [2.45, 2.75) is 19.9 Å². The lowest BCUT2D eigenvalue weighted by Crippen LogP contribution is -2.23. The topological polar surface area (TPSA) is 12.0 Å². The highest BCUT2D eigenvalue weighted by molar-refractivity contribution is 7.98. The summed E-state index contributed by atoms with van der Waals surface area (Å²) in [6.07, 6.45) is 2.09. The van der Waals surface area contributed by atoms with Crippen molar-refractivity contribution in [2.75, 3.05) is 18.6 Å². The first-order chi connectivity index (χ1) is 7.19. The molecule has 0 fully saturated rings. The van der Waals surface area contributed by atoms with Gasteiger partial charge in [-0.05, 0) is 43.0 Å². The molecule has 0 aromatic heterocycles. The fourth-order valence-electron chi connectivity index (χ4n) is 1.70. The number of thioether (sulfide) groups is 1. The van der Waals surface area contributed by atoms with Crippen LogP contribution >= 0.6 is 11.8 Å². The van der Waals surface area contributed by atoms with Crippen LogP contribution in [0.5, 0.6) is 0 Å². The molecule has 1 N–H and O–H groups in total. The SMILES string of the molecule is CCNC(CSC)c1ccc(F)cc1C. The molecule has 0 aliphatic heterocycles. The minimum absolute atomic E-state index is 0.157. The third-order valence-electron chi connectivity index (χ3n) is 2.39. The van der Waals surface area contributed by atoms with Gasteiger partial charge in [0.05, 0.1) is 0 Å². The summed E-state index contributed by atoms with van der Waals surface area (Å²) in [7, 11) is 0. The summed E-state index contributed by atoms with van der Waals surface area (Å²) in [5.41, 5.74) is 2.22. The minimum atomic E-state index is -0.157. The molecule has 0 saturated heterocycles. The molecule has 0 amide bonds. The van der Waals surface area contributed by atoms with E-state index >= 15 is 0 Å². The van der Waals surface area contributed by atoms with Gasteiger partial charge in [-0.15, -0.1) is 0 Å². The number of aryl methyl sites for hydroxylation is 1. The molecule has 3 heteroatoms. The van der Waals surface area contributed by atoms with Crippen LogP contribution in [-0.2, 0) is 0 Å². The van der Waals surface area contributed by atoms with Gasteiger partial charge in [0.2, 0.25) is 0 Å². The number of rotatable bonds is 5. The predicted molar refractivity (Wildman–Crippen MR) is 65.9 cm³/mol. The monoisotopic (exact) mass is 227 g/mol. The molecule has 84 valence electrons. The van der Waals surface area contributed by atoms with Gasteiger partial charge in [-0.1, -0.05) is 13.0 Å². The van der Waals surface area contributed by atoms with Crippen molar-refractivity contribution in [3.05, 3.63) is 35.1 Å². The van der Waals surface area contributed by atoms with Crippen molar-refractivity contribution >= 4 is 11.8 Å². The molecule has 1 aromatic rings.